The van der Waals surface area contributed by atoms with Gasteiger partial charge in [-0.15, -0.1) is 4.36 Å². The summed E-state index contributed by atoms with van der Waals surface area (Å²) in [6, 6.07) is 1.40. The first-order valence-corrected chi connectivity index (χ1v) is 10.7. The van der Waals surface area contributed by atoms with Crippen molar-refractivity contribution in [2.75, 3.05) is 5.32 Å². The van der Waals surface area contributed by atoms with Crippen molar-refractivity contribution in [1.82, 2.24) is 9.78 Å². The molecule has 1 unspecified atom stereocenters. The van der Waals surface area contributed by atoms with E-state index in [4.69, 9.17) is 4.74 Å². The lowest BCUT2D eigenvalue weighted by Gasteiger charge is -2.14. The number of benzene rings is 1. The van der Waals surface area contributed by atoms with Gasteiger partial charge in [-0.2, -0.15) is 5.10 Å². The molecule has 0 spiro atoms. The van der Waals surface area contributed by atoms with Crippen LogP contribution in [0.15, 0.2) is 21.5 Å². The molecule has 1 aromatic carbocycles. The van der Waals surface area contributed by atoms with E-state index >= 15 is 0 Å². The van der Waals surface area contributed by atoms with Crippen molar-refractivity contribution in [3.63, 3.8) is 0 Å². The van der Waals surface area contributed by atoms with E-state index < -0.39 is 22.8 Å². The molecule has 28 heavy (non-hydrogen) atoms. The minimum absolute atomic E-state index is 0.0529. The summed E-state index contributed by atoms with van der Waals surface area (Å²) >= 11 is 0. The number of halogens is 1. The first-order chi connectivity index (χ1) is 13.5. The van der Waals surface area contributed by atoms with Crippen molar-refractivity contribution in [3.05, 3.63) is 34.5 Å². The van der Waals surface area contributed by atoms with Gasteiger partial charge in [-0.3, -0.25) is 0 Å². The van der Waals surface area contributed by atoms with Gasteiger partial charge in [0, 0.05) is 18.5 Å². The highest BCUT2D eigenvalue weighted by Gasteiger charge is 2.30. The fourth-order valence-corrected chi connectivity index (χ4v) is 5.24. The molecule has 0 radical (unpaired) electrons. The van der Waals surface area contributed by atoms with Gasteiger partial charge in [0.2, 0.25) is 5.88 Å². The second kappa shape index (κ2) is 6.58. The Morgan fingerprint density at radius 3 is 3.07 bits per heavy atom. The largest absolute Gasteiger partial charge is 0.472 e. The van der Waals surface area contributed by atoms with Crippen LogP contribution in [-0.4, -0.2) is 32.3 Å². The highest BCUT2D eigenvalue weighted by atomic mass is 32.2. The van der Waals surface area contributed by atoms with Crippen LogP contribution < -0.4 is 10.1 Å². The topological polar surface area (TPSA) is 85.6 Å². The van der Waals surface area contributed by atoms with E-state index in [0.717, 1.165) is 36.0 Å². The number of thiol groups is 1. The third-order valence-corrected chi connectivity index (χ3v) is 6.68. The molecule has 148 valence electrons. The minimum atomic E-state index is -2.34. The number of hydrogen-bond donors (Lipinski definition) is 2. The summed E-state index contributed by atoms with van der Waals surface area (Å²) < 4.78 is 37.6. The van der Waals surface area contributed by atoms with Crippen LogP contribution in [-0.2, 0) is 42.8 Å². The van der Waals surface area contributed by atoms with Crippen molar-refractivity contribution in [2.45, 2.75) is 62.7 Å². The number of rotatable bonds is 2. The van der Waals surface area contributed by atoms with E-state index in [2.05, 4.69) is 20.8 Å². The van der Waals surface area contributed by atoms with Gasteiger partial charge in [-0.25, -0.2) is 18.1 Å². The Kier molecular flexibility index (Phi) is 4.15. The average Bonchev–Trinajstić information content (AvgIpc) is 3.37. The van der Waals surface area contributed by atoms with Crippen molar-refractivity contribution in [3.8, 4) is 5.88 Å². The lowest BCUT2D eigenvalue weighted by atomic mass is 9.99. The zero-order chi connectivity index (χ0) is 19.4. The van der Waals surface area contributed by atoms with Gasteiger partial charge in [-0.05, 0) is 48.4 Å². The number of carbonyl (C=O) groups excluding carboxylic acids is 1. The maximum Gasteiger partial charge on any atom is 0.353 e. The van der Waals surface area contributed by atoms with Crippen LogP contribution in [0.3, 0.4) is 0 Å². The summed E-state index contributed by atoms with van der Waals surface area (Å²) in [7, 11) is -2.34. The van der Waals surface area contributed by atoms with E-state index in [-0.39, 0.29) is 6.10 Å². The fraction of sp³-hybridized carbons (Fsp3) is 0.474. The monoisotopic (exact) mass is 404 g/mol. The van der Waals surface area contributed by atoms with Crippen molar-refractivity contribution >= 4 is 22.3 Å². The number of alkyl halides is 1. The first-order valence-electron chi connectivity index (χ1n) is 9.52. The van der Waals surface area contributed by atoms with Gasteiger partial charge in [0.05, 0.1) is 23.3 Å². The second-order valence-corrected chi connectivity index (χ2v) is 8.86. The number of aromatic nitrogens is 2. The van der Waals surface area contributed by atoms with E-state index in [0.29, 0.717) is 35.8 Å². The third kappa shape index (κ3) is 2.88. The van der Waals surface area contributed by atoms with Crippen LogP contribution >= 0.6 is 0 Å². The standard InChI is InChI=1S/C19H21FN4O3S/c1-10-9-24-18(27-10)16(8-21-24)28(26)23-19(25)22-17-14-4-2-3-11(14)5-12-6-13(20)7-15(12)17/h5,8,10,13,28H,2-4,6-7,9H2,1H3,(H,22,25)/t10-,13-/m1/s1. The lowest BCUT2D eigenvalue weighted by molar-refractivity contribution is 0.248. The van der Waals surface area contributed by atoms with Crippen LogP contribution in [0.2, 0.25) is 0 Å². The summed E-state index contributed by atoms with van der Waals surface area (Å²) in [5.41, 5.74) is 4.73. The van der Waals surface area contributed by atoms with Crippen LogP contribution in [0.5, 0.6) is 5.88 Å². The summed E-state index contributed by atoms with van der Waals surface area (Å²) in [4.78, 5) is 12.9. The Morgan fingerprint density at radius 2 is 2.21 bits per heavy atom. The molecule has 0 saturated carbocycles. The molecule has 7 nitrogen and oxygen atoms in total. The zero-order valence-electron chi connectivity index (χ0n) is 15.4. The highest BCUT2D eigenvalue weighted by Crippen LogP contribution is 2.39. The van der Waals surface area contributed by atoms with Crippen molar-refractivity contribution < 1.29 is 18.1 Å². The predicted octanol–water partition coefficient (Wildman–Crippen LogP) is 2.85. The van der Waals surface area contributed by atoms with Gasteiger partial charge >= 0.3 is 6.03 Å². The molecule has 3 atom stereocenters. The lowest BCUT2D eigenvalue weighted by Crippen LogP contribution is -2.12. The second-order valence-electron chi connectivity index (χ2n) is 7.63. The molecule has 2 amide bonds. The molecule has 0 fully saturated rings. The van der Waals surface area contributed by atoms with Gasteiger partial charge in [-0.1, -0.05) is 6.07 Å². The van der Waals surface area contributed by atoms with Crippen molar-refractivity contribution in [1.29, 1.82) is 0 Å². The van der Waals surface area contributed by atoms with E-state index in [9.17, 15) is 13.4 Å². The number of ether oxygens (including phenoxy) is 1. The van der Waals surface area contributed by atoms with Gasteiger partial charge in [0.25, 0.3) is 0 Å². The molecule has 2 heterocycles. The molecule has 9 heteroatoms. The predicted molar refractivity (Wildman–Crippen MR) is 102 cm³/mol. The number of anilines is 1. The Hall–Kier alpha value is -2.42. The van der Waals surface area contributed by atoms with Crippen LogP contribution in [0, 0.1) is 0 Å². The summed E-state index contributed by atoms with van der Waals surface area (Å²) in [5, 5.41) is 6.95. The molecule has 5 rings (SSSR count). The number of urea groups is 1. The number of nitrogens with one attached hydrogen (secondary N) is 1. The molecular formula is C19H21FN4O3S. The van der Waals surface area contributed by atoms with E-state index in [1.807, 2.05) is 6.92 Å². The fourth-order valence-electron chi connectivity index (χ4n) is 4.44. The third-order valence-electron chi connectivity index (χ3n) is 5.60. The summed E-state index contributed by atoms with van der Waals surface area (Å²) in [5.74, 6) is 0.409. The van der Waals surface area contributed by atoms with Crippen LogP contribution in [0.25, 0.3) is 0 Å². The average molecular weight is 404 g/mol. The molecule has 1 aromatic heterocycles. The number of fused-ring (bicyclic) bond motifs is 3. The van der Waals surface area contributed by atoms with Gasteiger partial charge < -0.3 is 10.1 Å². The maximum atomic E-state index is 14.0. The molecule has 1 aliphatic heterocycles. The number of hydrogen-bond acceptors (Lipinski definition) is 4. The van der Waals surface area contributed by atoms with E-state index in [1.54, 1.807) is 4.68 Å². The van der Waals surface area contributed by atoms with Crippen LogP contribution in [0.4, 0.5) is 14.9 Å². The molecule has 0 bridgehead atoms. The molecule has 1 N–H and O–H groups in total. The Morgan fingerprint density at radius 1 is 1.36 bits per heavy atom. The minimum Gasteiger partial charge on any atom is -0.472 e. The quantitative estimate of drug-likeness (QED) is 0.754. The van der Waals surface area contributed by atoms with Gasteiger partial charge in [0.15, 0.2) is 0 Å². The number of aryl methyl sites for hydroxylation is 1. The summed E-state index contributed by atoms with van der Waals surface area (Å²) in [6.07, 6.45) is 3.95. The Balaban J connectivity index is 1.44. The molecule has 2 aromatic rings. The Labute approximate surface area is 163 Å². The summed E-state index contributed by atoms with van der Waals surface area (Å²) in [6.45, 7) is 2.47. The Bertz CT molecular complexity index is 1070. The maximum absolute atomic E-state index is 14.0. The molecule has 3 aliphatic rings. The number of amides is 2. The number of carbonyl (C=O) groups is 1. The zero-order valence-corrected chi connectivity index (χ0v) is 16.3. The first kappa shape index (κ1) is 17.7. The van der Waals surface area contributed by atoms with Crippen molar-refractivity contribution in [2.24, 2.45) is 4.36 Å². The SMILES string of the molecule is C[C@@H]1Cn2ncc([SH](=O)=NC(=O)Nc3c4c(cc5c3C[C@H](F)C5)CCC4)c2O1. The van der Waals surface area contributed by atoms with Gasteiger partial charge in [0.1, 0.15) is 17.2 Å². The normalized spacial score (nSPS) is 23.2. The smallest absolute Gasteiger partial charge is 0.353 e. The molecule has 2 aliphatic carbocycles. The van der Waals surface area contributed by atoms with Crippen LogP contribution in [0.1, 0.15) is 35.6 Å². The highest BCUT2D eigenvalue weighted by molar-refractivity contribution is 7.75. The molecule has 0 saturated heterocycles. The molecular weight excluding hydrogens is 383 g/mol. The number of nitrogens with zero attached hydrogens (tertiary/aromatic N) is 3. The van der Waals surface area contributed by atoms with E-state index in [1.165, 1.54) is 11.8 Å².